The van der Waals surface area contributed by atoms with Crippen molar-refractivity contribution in [2.75, 3.05) is 7.11 Å². The number of benzene rings is 2. The normalized spacial score (nSPS) is 11.0. The van der Waals surface area contributed by atoms with E-state index in [9.17, 15) is 13.2 Å². The average Bonchev–Trinajstić information content (AvgIpc) is 2.51. The zero-order valence-corrected chi connectivity index (χ0v) is 13.3. The van der Waals surface area contributed by atoms with Crippen LogP contribution in [0.1, 0.15) is 21.5 Å². The summed E-state index contributed by atoms with van der Waals surface area (Å²) in [5, 5.41) is 0. The Kier molecular flexibility index (Phi) is 4.51. The fraction of sp³-hybridized carbons (Fsp3) is 0.188. The Bertz CT molecular complexity index is 792. The first-order chi connectivity index (χ1) is 10.3. The molecule has 116 valence electrons. The number of rotatable bonds is 4. The van der Waals surface area contributed by atoms with E-state index in [1.807, 2.05) is 13.0 Å². The largest absolute Gasteiger partial charge is 0.465 e. The van der Waals surface area contributed by atoms with Gasteiger partial charge in [-0.1, -0.05) is 12.1 Å². The lowest BCUT2D eigenvalue weighted by Crippen LogP contribution is -2.11. The first-order valence-electron chi connectivity index (χ1n) is 6.54. The molecule has 0 radical (unpaired) electrons. The number of esters is 1. The molecule has 0 saturated carbocycles. The summed E-state index contributed by atoms with van der Waals surface area (Å²) in [6.45, 7) is 3.67. The minimum Gasteiger partial charge on any atom is -0.465 e. The number of ether oxygens (including phenoxy) is 1. The topological polar surface area (TPSA) is 69.7 Å². The summed E-state index contributed by atoms with van der Waals surface area (Å²) < 4.78 is 34.3. The van der Waals surface area contributed by atoms with Gasteiger partial charge in [0.25, 0.3) is 0 Å². The lowest BCUT2D eigenvalue weighted by atomic mass is 10.1. The van der Waals surface area contributed by atoms with Gasteiger partial charge in [-0.2, -0.15) is 8.42 Å². The third-order valence-electron chi connectivity index (χ3n) is 3.32. The Morgan fingerprint density at radius 1 is 1.00 bits per heavy atom. The smallest absolute Gasteiger partial charge is 0.339 e. The van der Waals surface area contributed by atoms with Gasteiger partial charge in [0.05, 0.1) is 12.7 Å². The maximum atomic E-state index is 12.3. The molecule has 0 aliphatic carbocycles. The van der Waals surface area contributed by atoms with Crippen molar-refractivity contribution in [1.29, 1.82) is 0 Å². The molecule has 0 aromatic heterocycles. The van der Waals surface area contributed by atoms with Crippen LogP contribution in [0.5, 0.6) is 5.75 Å². The van der Waals surface area contributed by atoms with Crippen LogP contribution in [0.2, 0.25) is 0 Å². The van der Waals surface area contributed by atoms with Crippen molar-refractivity contribution in [3.05, 3.63) is 59.2 Å². The number of aryl methyl sites for hydroxylation is 1. The molecule has 0 saturated heterocycles. The summed E-state index contributed by atoms with van der Waals surface area (Å²) in [6.07, 6.45) is 0. The summed E-state index contributed by atoms with van der Waals surface area (Å²) in [5.41, 5.74) is 1.97. The van der Waals surface area contributed by atoms with Crippen molar-refractivity contribution in [2.24, 2.45) is 0 Å². The standard InChI is InChI=1S/C16H16O5S/c1-11-5-4-6-15(12(11)2)21-22(18,19)14-9-7-13(8-10-14)16(17)20-3/h4-10H,1-3H3. The molecule has 0 aliphatic rings. The molecular weight excluding hydrogens is 304 g/mol. The molecule has 2 aromatic rings. The number of hydrogen-bond donors (Lipinski definition) is 0. The Morgan fingerprint density at radius 3 is 2.23 bits per heavy atom. The van der Waals surface area contributed by atoms with Crippen LogP contribution in [0.15, 0.2) is 47.4 Å². The van der Waals surface area contributed by atoms with Gasteiger partial charge >= 0.3 is 16.1 Å². The van der Waals surface area contributed by atoms with Gasteiger partial charge < -0.3 is 8.92 Å². The van der Waals surface area contributed by atoms with E-state index in [0.717, 1.165) is 11.1 Å². The molecule has 0 fully saturated rings. The molecule has 0 atom stereocenters. The van der Waals surface area contributed by atoms with Crippen molar-refractivity contribution in [3.8, 4) is 5.75 Å². The van der Waals surface area contributed by atoms with E-state index in [4.69, 9.17) is 4.18 Å². The highest BCUT2D eigenvalue weighted by molar-refractivity contribution is 7.87. The van der Waals surface area contributed by atoms with Crippen LogP contribution in [0.25, 0.3) is 0 Å². The van der Waals surface area contributed by atoms with E-state index in [0.29, 0.717) is 0 Å². The minimum absolute atomic E-state index is 0.0268. The summed E-state index contributed by atoms with van der Waals surface area (Å²) in [4.78, 5) is 11.3. The summed E-state index contributed by atoms with van der Waals surface area (Å²) in [6, 6.07) is 10.6. The highest BCUT2D eigenvalue weighted by atomic mass is 32.2. The summed E-state index contributed by atoms with van der Waals surface area (Å²) >= 11 is 0. The first kappa shape index (κ1) is 16.0. The van der Waals surface area contributed by atoms with Crippen LogP contribution >= 0.6 is 0 Å². The predicted molar refractivity (Wildman–Crippen MR) is 81.5 cm³/mol. The van der Waals surface area contributed by atoms with Crippen LogP contribution in [0.4, 0.5) is 0 Å². The van der Waals surface area contributed by atoms with Gasteiger partial charge in [-0.05, 0) is 55.3 Å². The highest BCUT2D eigenvalue weighted by Gasteiger charge is 2.19. The third kappa shape index (κ3) is 3.28. The zero-order valence-electron chi connectivity index (χ0n) is 12.5. The molecule has 2 rings (SSSR count). The van der Waals surface area contributed by atoms with Gasteiger partial charge in [0, 0.05) is 0 Å². The maximum Gasteiger partial charge on any atom is 0.339 e. The van der Waals surface area contributed by atoms with Gasteiger partial charge in [0.2, 0.25) is 0 Å². The minimum atomic E-state index is -3.95. The van der Waals surface area contributed by atoms with Crippen LogP contribution in [-0.4, -0.2) is 21.5 Å². The molecule has 0 amide bonds. The Balaban J connectivity index is 2.31. The van der Waals surface area contributed by atoms with E-state index in [2.05, 4.69) is 4.74 Å². The van der Waals surface area contributed by atoms with Gasteiger partial charge in [-0.3, -0.25) is 0 Å². The predicted octanol–water partition coefficient (Wildman–Crippen LogP) is 2.86. The van der Waals surface area contributed by atoms with Crippen LogP contribution < -0.4 is 4.18 Å². The molecule has 0 unspecified atom stereocenters. The van der Waals surface area contributed by atoms with E-state index >= 15 is 0 Å². The molecule has 0 heterocycles. The molecule has 2 aromatic carbocycles. The quantitative estimate of drug-likeness (QED) is 0.640. The fourth-order valence-corrected chi connectivity index (χ4v) is 2.84. The third-order valence-corrected chi connectivity index (χ3v) is 4.57. The number of carbonyl (C=O) groups excluding carboxylic acids is 1. The van der Waals surface area contributed by atoms with Crippen molar-refractivity contribution in [3.63, 3.8) is 0 Å². The lowest BCUT2D eigenvalue weighted by Gasteiger charge is -2.11. The van der Waals surface area contributed by atoms with Crippen LogP contribution in [0.3, 0.4) is 0 Å². The van der Waals surface area contributed by atoms with Gasteiger partial charge in [-0.15, -0.1) is 0 Å². The molecule has 0 bridgehead atoms. The summed E-state index contributed by atoms with van der Waals surface area (Å²) in [5.74, 6) is -0.239. The van der Waals surface area contributed by atoms with Crippen molar-refractivity contribution >= 4 is 16.1 Å². The molecule has 22 heavy (non-hydrogen) atoms. The Hall–Kier alpha value is -2.34. The molecule has 0 N–H and O–H groups in total. The first-order valence-corrected chi connectivity index (χ1v) is 7.95. The van der Waals surface area contributed by atoms with Crippen molar-refractivity contribution < 1.29 is 22.1 Å². The van der Waals surface area contributed by atoms with Crippen LogP contribution in [-0.2, 0) is 14.9 Å². The maximum absolute atomic E-state index is 12.3. The fourth-order valence-electron chi connectivity index (χ4n) is 1.86. The monoisotopic (exact) mass is 320 g/mol. The second-order valence-electron chi connectivity index (χ2n) is 4.75. The number of methoxy groups -OCH3 is 1. The van der Waals surface area contributed by atoms with Gasteiger partial charge in [-0.25, -0.2) is 4.79 Å². The Labute approximate surface area is 129 Å². The van der Waals surface area contributed by atoms with E-state index in [-0.39, 0.29) is 16.2 Å². The van der Waals surface area contributed by atoms with Gasteiger partial charge in [0.1, 0.15) is 10.6 Å². The lowest BCUT2D eigenvalue weighted by molar-refractivity contribution is 0.0600. The number of hydrogen-bond acceptors (Lipinski definition) is 5. The molecular formula is C16H16O5S. The highest BCUT2D eigenvalue weighted by Crippen LogP contribution is 2.24. The second-order valence-corrected chi connectivity index (χ2v) is 6.30. The van der Waals surface area contributed by atoms with E-state index in [1.54, 1.807) is 19.1 Å². The molecule has 5 nitrogen and oxygen atoms in total. The van der Waals surface area contributed by atoms with Crippen molar-refractivity contribution in [2.45, 2.75) is 18.7 Å². The van der Waals surface area contributed by atoms with Crippen LogP contribution in [0, 0.1) is 13.8 Å². The van der Waals surface area contributed by atoms with Gasteiger partial charge in [0.15, 0.2) is 0 Å². The Morgan fingerprint density at radius 2 is 1.64 bits per heavy atom. The second kappa shape index (κ2) is 6.19. The SMILES string of the molecule is COC(=O)c1ccc(S(=O)(=O)Oc2cccc(C)c2C)cc1. The summed E-state index contributed by atoms with van der Waals surface area (Å²) in [7, 11) is -2.69. The van der Waals surface area contributed by atoms with E-state index < -0.39 is 16.1 Å². The van der Waals surface area contributed by atoms with Crippen molar-refractivity contribution in [1.82, 2.24) is 0 Å². The number of carbonyl (C=O) groups is 1. The van der Waals surface area contributed by atoms with E-state index in [1.165, 1.54) is 31.4 Å². The zero-order chi connectivity index (χ0) is 16.3. The molecule has 6 heteroatoms. The molecule has 0 spiro atoms. The average molecular weight is 320 g/mol. The molecule has 0 aliphatic heterocycles.